The van der Waals surface area contributed by atoms with Gasteiger partial charge < -0.3 is 61.3 Å². The number of pyridine rings is 3. The Bertz CT molecular complexity index is 2620. The van der Waals surface area contributed by atoms with Crippen LogP contribution in [0.25, 0.3) is 0 Å². The van der Waals surface area contributed by atoms with Crippen LogP contribution >= 0.6 is 0 Å². The average molecular weight is 1160 g/mol. The summed E-state index contributed by atoms with van der Waals surface area (Å²) in [6.45, 7) is 11.2. The third kappa shape index (κ3) is 22.4. The van der Waals surface area contributed by atoms with E-state index in [1.54, 1.807) is 174 Å². The van der Waals surface area contributed by atoms with Gasteiger partial charge in [0.2, 0.25) is 0 Å². The molecular formula is C59H89N19O6. The first-order valence-electron chi connectivity index (χ1n) is 26.4. The molecule has 6 rings (SSSR count). The van der Waals surface area contributed by atoms with Crippen molar-refractivity contribution in [2.75, 3.05) is 159 Å². The molecule has 0 aliphatic heterocycles. The van der Waals surface area contributed by atoms with Crippen molar-refractivity contribution in [3.8, 4) is 0 Å². The van der Waals surface area contributed by atoms with Crippen LogP contribution in [0.2, 0.25) is 0 Å². The zero-order chi connectivity index (χ0) is 64.3. The number of hydrogen-bond donors (Lipinski definition) is 6. The van der Waals surface area contributed by atoms with Crippen molar-refractivity contribution >= 4 is 70.0 Å². The number of aromatic nitrogens is 7. The standard InChI is InChI=1S/C11H16N2O.3C10H15N3O.2C9H14N4O/c1-8-5-6-10(12-2)9(7-8)11(14)13(3)4;1-7-5-8(10(14)13(3)4)9(11-2)6-12-7;1-7-5-8(10(14)13(3)4)9(11-2)12-6-7;1-7-5-6-8(11-2)9(12-7)10(14)13(3)4;1-6-5-11-8(10-2)7(12-6)9(14)13(3)4;1-6-5-7(9(14)13(3)4)8(10-2)12-11-6/h5-7,12H,1-4H3;5-6,11H,1-4H3;5-6H,1-4H3,(H,11,12);5-6,11H,1-4H3;5H,1-4H3,(H,10,11);5H,1-4H3,(H,10,12). The molecule has 0 bridgehead atoms. The molecule has 0 saturated heterocycles. The lowest BCUT2D eigenvalue weighted by atomic mass is 10.1. The summed E-state index contributed by atoms with van der Waals surface area (Å²) in [5.41, 5.74) is 11.0. The summed E-state index contributed by atoms with van der Waals surface area (Å²) >= 11 is 0. The van der Waals surface area contributed by atoms with E-state index in [1.165, 1.54) is 19.6 Å². The molecule has 0 saturated carbocycles. The monoisotopic (exact) mass is 1160 g/mol. The van der Waals surface area contributed by atoms with E-state index >= 15 is 0 Å². The zero-order valence-electron chi connectivity index (χ0n) is 53.6. The van der Waals surface area contributed by atoms with Crippen LogP contribution in [-0.2, 0) is 0 Å². The third-order valence-corrected chi connectivity index (χ3v) is 11.4. The first-order chi connectivity index (χ1) is 39.3. The number of nitrogens with zero attached hydrogens (tertiary/aromatic N) is 13. The number of benzene rings is 1. The predicted octanol–water partition coefficient (Wildman–Crippen LogP) is 6.20. The molecule has 0 radical (unpaired) electrons. The molecule has 25 nitrogen and oxygen atoms in total. The molecule has 0 spiro atoms. The van der Waals surface area contributed by atoms with Crippen molar-refractivity contribution in [3.63, 3.8) is 0 Å². The van der Waals surface area contributed by atoms with E-state index in [1.807, 2.05) is 71.1 Å². The predicted molar refractivity (Wildman–Crippen MR) is 337 cm³/mol. The molecule has 0 fully saturated rings. The quantitative estimate of drug-likeness (QED) is 0.0796. The van der Waals surface area contributed by atoms with Gasteiger partial charge in [-0.2, -0.15) is 5.10 Å². The lowest BCUT2D eigenvalue weighted by Crippen LogP contribution is -2.24. The van der Waals surface area contributed by atoms with Gasteiger partial charge in [-0.15, -0.1) is 5.10 Å². The Hall–Kier alpha value is -9.55. The van der Waals surface area contributed by atoms with Crippen molar-refractivity contribution in [1.29, 1.82) is 0 Å². The number of nitrogens with one attached hydrogen (secondary N) is 6. The zero-order valence-corrected chi connectivity index (χ0v) is 53.6. The van der Waals surface area contributed by atoms with Crippen LogP contribution < -0.4 is 31.9 Å². The maximum atomic E-state index is 11.8. The highest BCUT2D eigenvalue weighted by atomic mass is 16.2. The highest BCUT2D eigenvalue weighted by Gasteiger charge is 2.19. The summed E-state index contributed by atoms with van der Waals surface area (Å²) in [5.74, 6) is 1.30. The summed E-state index contributed by atoms with van der Waals surface area (Å²) in [4.78, 5) is 100. The number of carbonyl (C=O) groups is 6. The number of amides is 6. The van der Waals surface area contributed by atoms with Gasteiger partial charge in [-0.25, -0.2) is 19.9 Å². The Morgan fingerprint density at radius 3 is 1.20 bits per heavy atom. The minimum absolute atomic E-state index is 0.0140. The van der Waals surface area contributed by atoms with Gasteiger partial charge in [0, 0.05) is 150 Å². The molecule has 6 N–H and O–H groups in total. The molecule has 0 unspecified atom stereocenters. The van der Waals surface area contributed by atoms with Gasteiger partial charge in [0.05, 0.1) is 57.4 Å². The number of hydrogen-bond acceptors (Lipinski definition) is 19. The largest absolute Gasteiger partial charge is 0.387 e. The topological polar surface area (TPSA) is 284 Å². The Labute approximate surface area is 496 Å². The molecule has 0 atom stereocenters. The summed E-state index contributed by atoms with van der Waals surface area (Å²) in [6, 6.07) is 14.9. The van der Waals surface area contributed by atoms with Crippen LogP contribution in [0, 0.1) is 41.5 Å². The van der Waals surface area contributed by atoms with Crippen molar-refractivity contribution in [2.45, 2.75) is 41.5 Å². The fourth-order valence-electron chi connectivity index (χ4n) is 6.88. The van der Waals surface area contributed by atoms with Crippen molar-refractivity contribution in [1.82, 2.24) is 64.5 Å². The lowest BCUT2D eigenvalue weighted by molar-refractivity contribution is 0.0815. The summed E-state index contributed by atoms with van der Waals surface area (Å²) in [6.07, 6.45) is 5.03. The summed E-state index contributed by atoms with van der Waals surface area (Å²) in [5, 5.41) is 25.2. The molecule has 5 aromatic heterocycles. The molecule has 5 heterocycles. The van der Waals surface area contributed by atoms with E-state index in [-0.39, 0.29) is 35.4 Å². The normalized spacial score (nSPS) is 9.71. The Morgan fingerprint density at radius 1 is 0.321 bits per heavy atom. The van der Waals surface area contributed by atoms with E-state index < -0.39 is 0 Å². The number of rotatable bonds is 12. The van der Waals surface area contributed by atoms with Gasteiger partial charge in [0.15, 0.2) is 23.0 Å². The highest BCUT2D eigenvalue weighted by Crippen LogP contribution is 2.20. The SMILES string of the molecule is CNc1ccc(C)cc1C(=O)N(C)C.CNc1ccc(C)nc1C(=O)N(C)C.CNc1cnc(C)cc1C(=O)N(C)C.CNc1ncc(C)cc1C(=O)N(C)C.CNc1ncc(C)nc1C(=O)N(C)C.CNc1nnc(C)cc1C(=O)N(C)C. The summed E-state index contributed by atoms with van der Waals surface area (Å²) in [7, 11) is 31.2. The number of carbonyl (C=O) groups excluding carboxylic acids is 6. The van der Waals surface area contributed by atoms with E-state index in [2.05, 4.69) is 67.0 Å². The molecule has 456 valence electrons. The average Bonchev–Trinajstić information content (AvgIpc) is 3.48. The second kappa shape index (κ2) is 35.3. The van der Waals surface area contributed by atoms with Gasteiger partial charge >= 0.3 is 0 Å². The van der Waals surface area contributed by atoms with Gasteiger partial charge in [0.1, 0.15) is 5.82 Å². The molecule has 84 heavy (non-hydrogen) atoms. The highest BCUT2D eigenvalue weighted by molar-refractivity contribution is 6.01. The molecular weight excluding hydrogens is 1070 g/mol. The van der Waals surface area contributed by atoms with E-state index in [4.69, 9.17) is 0 Å². The van der Waals surface area contributed by atoms with E-state index in [0.717, 1.165) is 56.5 Å². The van der Waals surface area contributed by atoms with Crippen LogP contribution in [0.5, 0.6) is 0 Å². The second-order valence-corrected chi connectivity index (χ2v) is 19.8. The minimum Gasteiger partial charge on any atom is -0.387 e. The molecule has 1 aromatic carbocycles. The van der Waals surface area contributed by atoms with E-state index in [9.17, 15) is 28.8 Å². The van der Waals surface area contributed by atoms with Crippen LogP contribution in [0.3, 0.4) is 0 Å². The first-order valence-corrected chi connectivity index (χ1v) is 26.4. The number of anilines is 6. The fraction of sp³-hybridized carbons (Fsp3) is 0.407. The van der Waals surface area contributed by atoms with Crippen LogP contribution in [0.1, 0.15) is 96.3 Å². The van der Waals surface area contributed by atoms with Gasteiger partial charge in [0.25, 0.3) is 35.4 Å². The minimum atomic E-state index is -0.148. The number of aryl methyl sites for hydroxylation is 6. The van der Waals surface area contributed by atoms with Crippen molar-refractivity contribution < 1.29 is 28.8 Å². The summed E-state index contributed by atoms with van der Waals surface area (Å²) < 4.78 is 0. The Morgan fingerprint density at radius 2 is 0.726 bits per heavy atom. The third-order valence-electron chi connectivity index (χ3n) is 11.4. The van der Waals surface area contributed by atoms with Gasteiger partial charge in [-0.3, -0.25) is 33.8 Å². The van der Waals surface area contributed by atoms with Crippen LogP contribution in [-0.4, -0.2) is 227 Å². The molecule has 25 heteroatoms. The van der Waals surface area contributed by atoms with Crippen LogP contribution in [0.4, 0.5) is 34.5 Å². The fourth-order valence-corrected chi connectivity index (χ4v) is 6.88. The Balaban J connectivity index is 0.000000504. The first kappa shape index (κ1) is 72.5. The van der Waals surface area contributed by atoms with Crippen LogP contribution in [0.15, 0.2) is 67.1 Å². The Kier molecular flexibility index (Phi) is 30.5. The second-order valence-electron chi connectivity index (χ2n) is 19.8. The molecule has 6 aromatic rings. The van der Waals surface area contributed by atoms with Crippen molar-refractivity contribution in [3.05, 3.63) is 135 Å². The van der Waals surface area contributed by atoms with Gasteiger partial charge in [-0.05, 0) is 89.6 Å². The maximum Gasteiger partial charge on any atom is 0.275 e. The maximum absolute atomic E-state index is 11.8. The molecule has 0 aliphatic rings. The van der Waals surface area contributed by atoms with Gasteiger partial charge in [-0.1, -0.05) is 11.6 Å². The van der Waals surface area contributed by atoms with Crippen molar-refractivity contribution in [2.24, 2.45) is 0 Å². The smallest absolute Gasteiger partial charge is 0.275 e. The van der Waals surface area contributed by atoms with E-state index in [0.29, 0.717) is 45.5 Å². The molecule has 6 amide bonds. The lowest BCUT2D eigenvalue weighted by Gasteiger charge is -2.14. The molecule has 0 aliphatic carbocycles.